The van der Waals surface area contributed by atoms with Crippen LogP contribution < -0.4 is 0 Å². The van der Waals surface area contributed by atoms with Gasteiger partial charge in [0.25, 0.3) is 0 Å². The summed E-state index contributed by atoms with van der Waals surface area (Å²) in [5.41, 5.74) is 1.30. The lowest BCUT2D eigenvalue weighted by molar-refractivity contribution is 0.0525. The van der Waals surface area contributed by atoms with Gasteiger partial charge in [0, 0.05) is 12.7 Å². The molecule has 0 fully saturated rings. The van der Waals surface area contributed by atoms with Gasteiger partial charge in [-0.3, -0.25) is 4.68 Å². The fourth-order valence-electron chi connectivity index (χ4n) is 1.39. The van der Waals surface area contributed by atoms with Crippen LogP contribution in [-0.4, -0.2) is 22.4 Å². The molecule has 4 heteroatoms. The zero-order valence-corrected chi connectivity index (χ0v) is 11.8. The van der Waals surface area contributed by atoms with E-state index in [0.29, 0.717) is 18.1 Å². The van der Waals surface area contributed by atoms with Crippen molar-refractivity contribution >= 4 is 5.97 Å². The Bertz CT molecular complexity index is 343. The smallest absolute Gasteiger partial charge is 0.341 e. The molecule has 0 unspecified atom stereocenters. The van der Waals surface area contributed by atoms with Crippen molar-refractivity contribution in [3.8, 4) is 0 Å². The molecule has 0 spiro atoms. The minimum atomic E-state index is -0.287. The van der Waals surface area contributed by atoms with E-state index in [0.717, 1.165) is 12.2 Å². The standard InChI is InChI=1S/C11H18N2O2.C2H6/c1-5-15-11(14)10-7-13(6-8(2)3)12-9(10)4;1-2/h7-8H,5-6H2,1-4H3;1-2H3. The molecule has 4 nitrogen and oxygen atoms in total. The van der Waals surface area contributed by atoms with Gasteiger partial charge in [-0.05, 0) is 19.8 Å². The predicted molar refractivity (Wildman–Crippen MR) is 69.1 cm³/mol. The molecule has 1 heterocycles. The zero-order valence-electron chi connectivity index (χ0n) is 11.8. The van der Waals surface area contributed by atoms with Crippen LogP contribution in [0.25, 0.3) is 0 Å². The summed E-state index contributed by atoms with van der Waals surface area (Å²) < 4.78 is 6.73. The molecule has 1 aromatic rings. The second-order valence-electron chi connectivity index (χ2n) is 3.96. The van der Waals surface area contributed by atoms with Crippen LogP contribution in [0.5, 0.6) is 0 Å². The molecule has 0 bridgehead atoms. The van der Waals surface area contributed by atoms with Crippen molar-refractivity contribution in [1.82, 2.24) is 9.78 Å². The van der Waals surface area contributed by atoms with E-state index in [1.807, 2.05) is 20.8 Å². The molecule has 0 amide bonds. The normalized spacial score (nSPS) is 9.82. The minimum absolute atomic E-state index is 0.287. The molecule has 98 valence electrons. The second-order valence-corrected chi connectivity index (χ2v) is 3.96. The summed E-state index contributed by atoms with van der Waals surface area (Å²) in [7, 11) is 0. The topological polar surface area (TPSA) is 44.1 Å². The highest BCUT2D eigenvalue weighted by atomic mass is 16.5. The molecule has 17 heavy (non-hydrogen) atoms. The van der Waals surface area contributed by atoms with Gasteiger partial charge in [-0.25, -0.2) is 4.79 Å². The number of esters is 1. The maximum Gasteiger partial charge on any atom is 0.341 e. The summed E-state index contributed by atoms with van der Waals surface area (Å²) in [4.78, 5) is 11.5. The molecule has 0 N–H and O–H groups in total. The van der Waals surface area contributed by atoms with Gasteiger partial charge in [0.2, 0.25) is 0 Å². The number of rotatable bonds is 4. The Hall–Kier alpha value is -1.32. The predicted octanol–water partition coefficient (Wildman–Crippen LogP) is 3.05. The van der Waals surface area contributed by atoms with Gasteiger partial charge in [0.05, 0.1) is 12.3 Å². The first-order valence-electron chi connectivity index (χ1n) is 6.25. The highest BCUT2D eigenvalue weighted by Crippen LogP contribution is 2.09. The van der Waals surface area contributed by atoms with Crippen molar-refractivity contribution < 1.29 is 9.53 Å². The van der Waals surface area contributed by atoms with Gasteiger partial charge in [-0.15, -0.1) is 0 Å². The number of nitrogens with zero attached hydrogens (tertiary/aromatic N) is 2. The summed E-state index contributed by atoms with van der Waals surface area (Å²) in [6, 6.07) is 0. The number of carbonyl (C=O) groups excluding carboxylic acids is 1. The molecular formula is C13H24N2O2. The van der Waals surface area contributed by atoms with E-state index in [9.17, 15) is 4.79 Å². The maximum atomic E-state index is 11.5. The Balaban J connectivity index is 0.00000121. The number of hydrogen-bond donors (Lipinski definition) is 0. The van der Waals surface area contributed by atoms with Gasteiger partial charge in [0.1, 0.15) is 5.56 Å². The van der Waals surface area contributed by atoms with Crippen LogP contribution in [0.4, 0.5) is 0 Å². The van der Waals surface area contributed by atoms with E-state index >= 15 is 0 Å². The Kier molecular flexibility index (Phi) is 7.26. The molecule has 1 rings (SSSR count). The monoisotopic (exact) mass is 240 g/mol. The summed E-state index contributed by atoms with van der Waals surface area (Å²) in [5, 5.41) is 4.27. The molecule has 1 aromatic heterocycles. The zero-order chi connectivity index (χ0) is 13.4. The van der Waals surface area contributed by atoms with E-state index in [-0.39, 0.29) is 5.97 Å². The van der Waals surface area contributed by atoms with Crippen LogP contribution in [-0.2, 0) is 11.3 Å². The second kappa shape index (κ2) is 7.87. The quantitative estimate of drug-likeness (QED) is 0.760. The van der Waals surface area contributed by atoms with Crippen LogP contribution in [0.1, 0.15) is 50.7 Å². The molecule has 0 aliphatic rings. The molecule has 0 aliphatic heterocycles. The highest BCUT2D eigenvalue weighted by molar-refractivity contribution is 5.90. The molecule has 0 saturated carbocycles. The van der Waals surface area contributed by atoms with E-state index in [4.69, 9.17) is 4.74 Å². The maximum absolute atomic E-state index is 11.5. The van der Waals surface area contributed by atoms with Gasteiger partial charge >= 0.3 is 5.97 Å². The van der Waals surface area contributed by atoms with Crippen LogP contribution in [0.2, 0.25) is 0 Å². The van der Waals surface area contributed by atoms with Crippen molar-refractivity contribution in [3.05, 3.63) is 17.5 Å². The number of ether oxygens (including phenoxy) is 1. The summed E-state index contributed by atoms with van der Waals surface area (Å²) >= 11 is 0. The average molecular weight is 240 g/mol. The van der Waals surface area contributed by atoms with Gasteiger partial charge in [0.15, 0.2) is 0 Å². The molecule has 0 saturated heterocycles. The summed E-state index contributed by atoms with van der Waals surface area (Å²) in [6.45, 7) is 13.1. The van der Waals surface area contributed by atoms with Crippen LogP contribution in [0.15, 0.2) is 6.20 Å². The minimum Gasteiger partial charge on any atom is -0.462 e. The first-order valence-corrected chi connectivity index (χ1v) is 6.25. The van der Waals surface area contributed by atoms with Crippen molar-refractivity contribution in [1.29, 1.82) is 0 Å². The number of carbonyl (C=O) groups is 1. The summed E-state index contributed by atoms with van der Waals surface area (Å²) in [6.07, 6.45) is 1.76. The van der Waals surface area contributed by atoms with E-state index in [2.05, 4.69) is 18.9 Å². The fraction of sp³-hybridized carbons (Fsp3) is 0.692. The molecule has 0 aromatic carbocycles. The van der Waals surface area contributed by atoms with Crippen molar-refractivity contribution in [2.45, 2.75) is 48.1 Å². The van der Waals surface area contributed by atoms with Crippen LogP contribution in [0, 0.1) is 12.8 Å². The Morgan fingerprint density at radius 3 is 2.53 bits per heavy atom. The Morgan fingerprint density at radius 1 is 1.47 bits per heavy atom. The number of aromatic nitrogens is 2. The summed E-state index contributed by atoms with van der Waals surface area (Å²) in [5.74, 6) is 0.226. The third-order valence-electron chi connectivity index (χ3n) is 1.99. The first-order chi connectivity index (χ1) is 8.04. The van der Waals surface area contributed by atoms with E-state index in [1.54, 1.807) is 17.8 Å². The van der Waals surface area contributed by atoms with E-state index in [1.165, 1.54) is 0 Å². The lowest BCUT2D eigenvalue weighted by Gasteiger charge is -2.03. The van der Waals surface area contributed by atoms with Crippen molar-refractivity contribution in [2.75, 3.05) is 6.61 Å². The Labute approximate surface area is 104 Å². The largest absolute Gasteiger partial charge is 0.462 e. The SMILES string of the molecule is CC.CCOC(=O)c1cn(CC(C)C)nc1C. The molecule has 0 radical (unpaired) electrons. The van der Waals surface area contributed by atoms with Crippen molar-refractivity contribution in [2.24, 2.45) is 5.92 Å². The fourth-order valence-corrected chi connectivity index (χ4v) is 1.39. The lowest BCUT2D eigenvalue weighted by atomic mass is 10.2. The first kappa shape index (κ1) is 15.7. The van der Waals surface area contributed by atoms with E-state index < -0.39 is 0 Å². The molecular weight excluding hydrogens is 216 g/mol. The highest BCUT2D eigenvalue weighted by Gasteiger charge is 2.14. The van der Waals surface area contributed by atoms with Gasteiger partial charge < -0.3 is 4.74 Å². The molecule has 0 aliphatic carbocycles. The lowest BCUT2D eigenvalue weighted by Crippen LogP contribution is -2.06. The third-order valence-corrected chi connectivity index (χ3v) is 1.99. The van der Waals surface area contributed by atoms with Crippen LogP contribution >= 0.6 is 0 Å². The molecule has 0 atom stereocenters. The van der Waals surface area contributed by atoms with Crippen LogP contribution in [0.3, 0.4) is 0 Å². The van der Waals surface area contributed by atoms with Crippen molar-refractivity contribution in [3.63, 3.8) is 0 Å². The Morgan fingerprint density at radius 2 is 2.06 bits per heavy atom. The average Bonchev–Trinajstić information content (AvgIpc) is 2.62. The van der Waals surface area contributed by atoms with Gasteiger partial charge in [-0.2, -0.15) is 5.10 Å². The number of aryl methyl sites for hydroxylation is 1. The number of hydrogen-bond acceptors (Lipinski definition) is 3. The third kappa shape index (κ3) is 5.02. The van der Waals surface area contributed by atoms with Gasteiger partial charge in [-0.1, -0.05) is 27.7 Å².